The number of nitrogens with zero attached hydrogens (tertiary/aromatic N) is 3. The number of carbonyl (C=O) groups is 3. The first-order chi connectivity index (χ1) is 12.0. The highest BCUT2D eigenvalue weighted by Crippen LogP contribution is 2.28. The van der Waals surface area contributed by atoms with Crippen LogP contribution in [0, 0.1) is 0 Å². The first-order valence-corrected chi connectivity index (χ1v) is 8.04. The molecular formula is C17H17N5O3. The minimum absolute atomic E-state index is 0.0363. The Labute approximate surface area is 143 Å². The Balaban J connectivity index is 1.71. The summed E-state index contributed by atoms with van der Waals surface area (Å²) in [5.74, 6) is -0.968. The topological polar surface area (TPSA) is 112 Å². The molecule has 2 aliphatic rings. The standard InChI is InChI=1S/C17H17N5O3/c1-21-6-4-9-2-3-10(8-12(9)16(21)24)22-7-5-11-13(15(18)23)19-20-14(11)17(22)25/h2-3,8H,4-7H2,1H3,(H2,18,23)(H,19,20). The zero-order chi connectivity index (χ0) is 17.7. The van der Waals surface area contributed by atoms with Gasteiger partial charge < -0.3 is 15.5 Å². The molecule has 1 aromatic heterocycles. The Morgan fingerprint density at radius 3 is 2.76 bits per heavy atom. The van der Waals surface area contributed by atoms with E-state index in [4.69, 9.17) is 5.73 Å². The van der Waals surface area contributed by atoms with E-state index < -0.39 is 5.91 Å². The second-order valence-corrected chi connectivity index (χ2v) is 6.31. The molecule has 8 heteroatoms. The third kappa shape index (κ3) is 2.29. The molecule has 2 aliphatic heterocycles. The number of likely N-dealkylation sites (N-methyl/N-ethyl adjacent to an activating group) is 1. The summed E-state index contributed by atoms with van der Waals surface area (Å²) in [4.78, 5) is 39.8. The van der Waals surface area contributed by atoms with Crippen molar-refractivity contribution in [2.45, 2.75) is 12.8 Å². The average Bonchev–Trinajstić information content (AvgIpc) is 3.04. The van der Waals surface area contributed by atoms with Crippen molar-refractivity contribution in [3.63, 3.8) is 0 Å². The highest BCUT2D eigenvalue weighted by Gasteiger charge is 2.32. The lowest BCUT2D eigenvalue weighted by atomic mass is 9.97. The summed E-state index contributed by atoms with van der Waals surface area (Å²) in [6.45, 7) is 1.09. The fourth-order valence-electron chi connectivity index (χ4n) is 3.44. The number of nitrogens with two attached hydrogens (primary N) is 1. The van der Waals surface area contributed by atoms with Gasteiger partial charge in [-0.05, 0) is 30.5 Å². The molecule has 1 aromatic carbocycles. The van der Waals surface area contributed by atoms with Gasteiger partial charge in [0.1, 0.15) is 5.69 Å². The quantitative estimate of drug-likeness (QED) is 0.821. The van der Waals surface area contributed by atoms with E-state index in [0.717, 1.165) is 12.0 Å². The molecule has 0 atom stereocenters. The van der Waals surface area contributed by atoms with E-state index >= 15 is 0 Å². The first kappa shape index (κ1) is 15.4. The smallest absolute Gasteiger partial charge is 0.276 e. The number of benzene rings is 1. The molecule has 2 aromatic rings. The third-order valence-corrected chi connectivity index (χ3v) is 4.84. The highest BCUT2D eigenvalue weighted by atomic mass is 16.2. The van der Waals surface area contributed by atoms with E-state index in [1.54, 1.807) is 22.9 Å². The van der Waals surface area contributed by atoms with Gasteiger partial charge >= 0.3 is 0 Å². The van der Waals surface area contributed by atoms with E-state index in [-0.39, 0.29) is 23.2 Å². The van der Waals surface area contributed by atoms with Crippen LogP contribution < -0.4 is 10.6 Å². The number of fused-ring (bicyclic) bond motifs is 2. The molecule has 3 heterocycles. The van der Waals surface area contributed by atoms with Crippen LogP contribution in [-0.4, -0.2) is 53.0 Å². The van der Waals surface area contributed by atoms with Gasteiger partial charge in [-0.15, -0.1) is 0 Å². The van der Waals surface area contributed by atoms with E-state index in [2.05, 4.69) is 10.2 Å². The largest absolute Gasteiger partial charge is 0.364 e. The monoisotopic (exact) mass is 339 g/mol. The molecule has 0 bridgehead atoms. The molecule has 0 saturated carbocycles. The summed E-state index contributed by atoms with van der Waals surface area (Å²) in [6, 6.07) is 5.52. The van der Waals surface area contributed by atoms with E-state index in [0.29, 0.717) is 36.3 Å². The number of aromatic amines is 1. The van der Waals surface area contributed by atoms with Crippen molar-refractivity contribution in [2.75, 3.05) is 25.0 Å². The summed E-state index contributed by atoms with van der Waals surface area (Å²) >= 11 is 0. The Kier molecular flexibility index (Phi) is 3.34. The molecule has 0 spiro atoms. The molecule has 0 fully saturated rings. The molecule has 3 amide bonds. The Morgan fingerprint density at radius 1 is 1.20 bits per heavy atom. The van der Waals surface area contributed by atoms with Gasteiger partial charge in [0.2, 0.25) is 0 Å². The lowest BCUT2D eigenvalue weighted by molar-refractivity contribution is 0.0780. The molecule has 8 nitrogen and oxygen atoms in total. The van der Waals surface area contributed by atoms with Crippen molar-refractivity contribution in [3.8, 4) is 0 Å². The molecule has 0 saturated heterocycles. The van der Waals surface area contributed by atoms with Crippen molar-refractivity contribution in [2.24, 2.45) is 5.73 Å². The first-order valence-electron chi connectivity index (χ1n) is 8.04. The predicted octanol–water partition coefficient (Wildman–Crippen LogP) is 0.340. The van der Waals surface area contributed by atoms with Crippen LogP contribution in [0.15, 0.2) is 18.2 Å². The lowest BCUT2D eigenvalue weighted by Crippen LogP contribution is -2.39. The number of hydrogen-bond donors (Lipinski definition) is 2. The van der Waals surface area contributed by atoms with E-state index in [1.807, 2.05) is 12.1 Å². The van der Waals surface area contributed by atoms with Gasteiger partial charge in [0.25, 0.3) is 17.7 Å². The average molecular weight is 339 g/mol. The summed E-state index contributed by atoms with van der Waals surface area (Å²) < 4.78 is 0. The number of primary amides is 1. The van der Waals surface area contributed by atoms with Gasteiger partial charge in [-0.1, -0.05) is 6.07 Å². The summed E-state index contributed by atoms with van der Waals surface area (Å²) in [7, 11) is 1.77. The number of anilines is 1. The molecule has 0 unspecified atom stereocenters. The second-order valence-electron chi connectivity index (χ2n) is 6.31. The van der Waals surface area contributed by atoms with Crippen LogP contribution in [0.4, 0.5) is 5.69 Å². The number of H-pyrrole nitrogens is 1. The van der Waals surface area contributed by atoms with Gasteiger partial charge in [0, 0.05) is 37.0 Å². The Hall–Kier alpha value is -3.16. The van der Waals surface area contributed by atoms with E-state index in [1.165, 1.54) is 0 Å². The minimum Gasteiger partial charge on any atom is -0.364 e. The van der Waals surface area contributed by atoms with Gasteiger partial charge in [0.05, 0.1) is 0 Å². The van der Waals surface area contributed by atoms with Crippen LogP contribution >= 0.6 is 0 Å². The maximum atomic E-state index is 12.8. The Bertz CT molecular complexity index is 917. The van der Waals surface area contributed by atoms with Crippen LogP contribution in [0.2, 0.25) is 0 Å². The van der Waals surface area contributed by atoms with Crippen molar-refractivity contribution < 1.29 is 14.4 Å². The van der Waals surface area contributed by atoms with Gasteiger partial charge in [-0.3, -0.25) is 19.5 Å². The van der Waals surface area contributed by atoms with Gasteiger partial charge in [-0.25, -0.2) is 0 Å². The predicted molar refractivity (Wildman–Crippen MR) is 89.6 cm³/mol. The van der Waals surface area contributed by atoms with Crippen molar-refractivity contribution >= 4 is 23.4 Å². The molecule has 3 N–H and O–H groups in total. The number of hydrogen-bond acceptors (Lipinski definition) is 4. The zero-order valence-corrected chi connectivity index (χ0v) is 13.7. The summed E-state index contributed by atoms with van der Waals surface area (Å²) in [6.07, 6.45) is 1.28. The fourth-order valence-corrected chi connectivity index (χ4v) is 3.44. The molecule has 4 rings (SSSR count). The van der Waals surface area contributed by atoms with Crippen LogP contribution in [0.1, 0.15) is 42.5 Å². The molecular weight excluding hydrogens is 322 g/mol. The van der Waals surface area contributed by atoms with E-state index in [9.17, 15) is 14.4 Å². The number of rotatable bonds is 2. The summed E-state index contributed by atoms with van der Waals surface area (Å²) in [5, 5.41) is 6.48. The van der Waals surface area contributed by atoms with Crippen LogP contribution in [0.3, 0.4) is 0 Å². The van der Waals surface area contributed by atoms with Crippen LogP contribution in [0.25, 0.3) is 0 Å². The minimum atomic E-state index is -0.652. The number of aromatic nitrogens is 2. The number of nitrogens with one attached hydrogen (secondary N) is 1. The SMILES string of the molecule is CN1CCc2ccc(N3CCc4c(C(N)=O)n[nH]c4C3=O)cc2C1=O. The highest BCUT2D eigenvalue weighted by molar-refractivity contribution is 6.09. The molecule has 128 valence electrons. The normalized spacial score (nSPS) is 16.7. The molecule has 0 aliphatic carbocycles. The summed E-state index contributed by atoms with van der Waals surface area (Å²) in [5.41, 5.74) is 8.53. The second kappa shape index (κ2) is 5.44. The third-order valence-electron chi connectivity index (χ3n) is 4.84. The number of amides is 3. The zero-order valence-electron chi connectivity index (χ0n) is 13.7. The lowest BCUT2D eigenvalue weighted by Gasteiger charge is -2.29. The molecule has 0 radical (unpaired) electrons. The van der Waals surface area contributed by atoms with Crippen molar-refractivity contribution in [3.05, 3.63) is 46.3 Å². The van der Waals surface area contributed by atoms with Crippen LogP contribution in [0.5, 0.6) is 0 Å². The van der Waals surface area contributed by atoms with Crippen molar-refractivity contribution in [1.82, 2.24) is 15.1 Å². The fraction of sp³-hybridized carbons (Fsp3) is 0.294. The maximum Gasteiger partial charge on any atom is 0.276 e. The van der Waals surface area contributed by atoms with Crippen molar-refractivity contribution in [1.29, 1.82) is 0 Å². The van der Waals surface area contributed by atoms with Crippen LogP contribution in [-0.2, 0) is 12.8 Å². The number of carbonyl (C=O) groups excluding carboxylic acids is 3. The van der Waals surface area contributed by atoms with Gasteiger partial charge in [-0.2, -0.15) is 5.10 Å². The Morgan fingerprint density at radius 2 is 2.00 bits per heavy atom. The maximum absolute atomic E-state index is 12.8. The van der Waals surface area contributed by atoms with Gasteiger partial charge in [0.15, 0.2) is 5.69 Å². The molecule has 25 heavy (non-hydrogen) atoms.